The molecule has 5 nitrogen and oxygen atoms in total. The Labute approximate surface area is 124 Å². The number of piperidine rings is 1. The van der Waals surface area contributed by atoms with Gasteiger partial charge in [-0.15, -0.1) is 11.3 Å². The average Bonchev–Trinajstić information content (AvgIpc) is 3.18. The normalized spacial score (nSPS) is 24.1. The van der Waals surface area contributed by atoms with Crippen LogP contribution in [0.2, 0.25) is 0 Å². The van der Waals surface area contributed by atoms with Gasteiger partial charge in [0.05, 0.1) is 10.9 Å². The average molecular weight is 315 g/mol. The first-order valence-electron chi connectivity index (χ1n) is 7.16. The van der Waals surface area contributed by atoms with Crippen LogP contribution >= 0.6 is 11.3 Å². The van der Waals surface area contributed by atoms with Crippen molar-refractivity contribution in [3.05, 3.63) is 10.6 Å². The van der Waals surface area contributed by atoms with Crippen LogP contribution < -0.4 is 9.62 Å². The van der Waals surface area contributed by atoms with Crippen molar-refractivity contribution in [3.63, 3.8) is 0 Å². The molecule has 1 aliphatic carbocycles. The van der Waals surface area contributed by atoms with Gasteiger partial charge in [0.1, 0.15) is 0 Å². The summed E-state index contributed by atoms with van der Waals surface area (Å²) in [6, 6.07) is 0.0267. The van der Waals surface area contributed by atoms with E-state index in [4.69, 9.17) is 0 Å². The van der Waals surface area contributed by atoms with E-state index >= 15 is 0 Å². The molecule has 3 rings (SSSR count). The minimum absolute atomic E-state index is 0.0267. The van der Waals surface area contributed by atoms with Crippen LogP contribution in [0.4, 0.5) is 5.13 Å². The SMILES string of the molecule is Cc1nc(N2CCCC(NS(=O)(=O)C3CC3)C2)sc1C. The number of nitrogens with zero attached hydrogens (tertiary/aromatic N) is 2. The molecule has 1 aliphatic heterocycles. The van der Waals surface area contributed by atoms with Crippen molar-refractivity contribution in [2.75, 3.05) is 18.0 Å². The van der Waals surface area contributed by atoms with Gasteiger partial charge in [-0.2, -0.15) is 0 Å². The molecule has 0 spiro atoms. The van der Waals surface area contributed by atoms with Crippen LogP contribution in [0.3, 0.4) is 0 Å². The number of aryl methyl sites for hydroxylation is 2. The maximum Gasteiger partial charge on any atom is 0.214 e. The maximum absolute atomic E-state index is 12.0. The first-order valence-corrected chi connectivity index (χ1v) is 9.52. The zero-order valence-electron chi connectivity index (χ0n) is 11.9. The van der Waals surface area contributed by atoms with Crippen molar-refractivity contribution in [2.45, 2.75) is 50.8 Å². The highest BCUT2D eigenvalue weighted by molar-refractivity contribution is 7.90. The van der Waals surface area contributed by atoms with Crippen LogP contribution in [0.15, 0.2) is 0 Å². The van der Waals surface area contributed by atoms with Gasteiger partial charge in [-0.25, -0.2) is 18.1 Å². The second kappa shape index (κ2) is 5.27. The number of hydrogen-bond donors (Lipinski definition) is 1. The molecule has 1 saturated heterocycles. The lowest BCUT2D eigenvalue weighted by Gasteiger charge is -2.32. The molecule has 1 aromatic rings. The molecular weight excluding hydrogens is 294 g/mol. The molecule has 0 radical (unpaired) electrons. The maximum atomic E-state index is 12.0. The molecule has 20 heavy (non-hydrogen) atoms. The van der Waals surface area contributed by atoms with E-state index in [1.54, 1.807) is 11.3 Å². The Kier molecular flexibility index (Phi) is 3.77. The van der Waals surface area contributed by atoms with Gasteiger partial charge in [-0.1, -0.05) is 0 Å². The van der Waals surface area contributed by atoms with Crippen LogP contribution in [0.25, 0.3) is 0 Å². The van der Waals surface area contributed by atoms with Crippen molar-refractivity contribution in [2.24, 2.45) is 0 Å². The summed E-state index contributed by atoms with van der Waals surface area (Å²) in [6.07, 6.45) is 3.56. The summed E-state index contributed by atoms with van der Waals surface area (Å²) >= 11 is 1.70. The van der Waals surface area contributed by atoms with Crippen LogP contribution in [0.1, 0.15) is 36.3 Å². The second-order valence-electron chi connectivity index (χ2n) is 5.79. The number of rotatable bonds is 4. The summed E-state index contributed by atoms with van der Waals surface area (Å²) in [5.41, 5.74) is 1.07. The molecule has 1 atom stereocenters. The van der Waals surface area contributed by atoms with Crippen LogP contribution in [-0.2, 0) is 10.0 Å². The molecular formula is C13H21N3O2S2. The third-order valence-electron chi connectivity index (χ3n) is 4.00. The number of hydrogen-bond acceptors (Lipinski definition) is 5. The lowest BCUT2D eigenvalue weighted by Crippen LogP contribution is -2.48. The topological polar surface area (TPSA) is 62.3 Å². The first kappa shape index (κ1) is 14.3. The zero-order valence-corrected chi connectivity index (χ0v) is 13.6. The van der Waals surface area contributed by atoms with Gasteiger partial charge in [-0.3, -0.25) is 0 Å². The molecule has 112 valence electrons. The number of sulfonamides is 1. The number of aromatic nitrogens is 1. The Hall–Kier alpha value is -0.660. The van der Waals surface area contributed by atoms with E-state index in [9.17, 15) is 8.42 Å². The molecule has 0 aromatic carbocycles. The predicted octanol–water partition coefficient (Wildman–Crippen LogP) is 1.81. The summed E-state index contributed by atoms with van der Waals surface area (Å²) in [5, 5.41) is 0.887. The summed E-state index contributed by atoms with van der Waals surface area (Å²) in [5.74, 6) is 0. The molecule has 1 aromatic heterocycles. The highest BCUT2D eigenvalue weighted by Gasteiger charge is 2.37. The summed E-state index contributed by atoms with van der Waals surface area (Å²) in [4.78, 5) is 8.03. The zero-order chi connectivity index (χ0) is 14.3. The standard InChI is InChI=1S/C13H21N3O2S2/c1-9-10(2)19-13(14-9)16-7-3-4-11(8-16)15-20(17,18)12-5-6-12/h11-12,15H,3-8H2,1-2H3. The smallest absolute Gasteiger partial charge is 0.214 e. The van der Waals surface area contributed by atoms with Crippen molar-refractivity contribution in [1.29, 1.82) is 0 Å². The number of anilines is 1. The highest BCUT2D eigenvalue weighted by Crippen LogP contribution is 2.30. The minimum atomic E-state index is -3.09. The molecule has 2 aliphatic rings. The van der Waals surface area contributed by atoms with Crippen molar-refractivity contribution in [1.82, 2.24) is 9.71 Å². The number of nitrogens with one attached hydrogen (secondary N) is 1. The fraction of sp³-hybridized carbons (Fsp3) is 0.769. The van der Waals surface area contributed by atoms with Crippen molar-refractivity contribution in [3.8, 4) is 0 Å². The molecule has 2 fully saturated rings. The lowest BCUT2D eigenvalue weighted by atomic mass is 10.1. The summed E-state index contributed by atoms with van der Waals surface area (Å²) in [6.45, 7) is 5.80. The van der Waals surface area contributed by atoms with Gasteiger partial charge in [-0.05, 0) is 39.5 Å². The van der Waals surface area contributed by atoms with E-state index < -0.39 is 10.0 Å². The molecule has 1 N–H and O–H groups in total. The summed E-state index contributed by atoms with van der Waals surface area (Å²) < 4.78 is 26.9. The lowest BCUT2D eigenvalue weighted by molar-refractivity contribution is 0.465. The van der Waals surface area contributed by atoms with E-state index in [1.165, 1.54) is 4.88 Å². The first-order chi connectivity index (χ1) is 9.45. The second-order valence-corrected chi connectivity index (χ2v) is 8.96. The summed E-state index contributed by atoms with van der Waals surface area (Å²) in [7, 11) is -3.09. The van der Waals surface area contributed by atoms with E-state index in [2.05, 4.69) is 21.5 Å². The van der Waals surface area contributed by atoms with Gasteiger partial charge in [0.15, 0.2) is 5.13 Å². The fourth-order valence-electron chi connectivity index (χ4n) is 2.55. The van der Waals surface area contributed by atoms with E-state index in [-0.39, 0.29) is 11.3 Å². The van der Waals surface area contributed by atoms with Gasteiger partial charge < -0.3 is 4.90 Å². The van der Waals surface area contributed by atoms with Crippen LogP contribution in [0, 0.1) is 13.8 Å². The highest BCUT2D eigenvalue weighted by atomic mass is 32.2. The largest absolute Gasteiger partial charge is 0.346 e. The fourth-order valence-corrected chi connectivity index (χ4v) is 5.10. The van der Waals surface area contributed by atoms with Gasteiger partial charge in [0.25, 0.3) is 0 Å². The van der Waals surface area contributed by atoms with E-state index in [0.717, 1.165) is 49.6 Å². The van der Waals surface area contributed by atoms with Gasteiger partial charge in [0, 0.05) is 24.0 Å². The van der Waals surface area contributed by atoms with E-state index in [1.807, 2.05) is 6.92 Å². The Balaban J connectivity index is 1.67. The number of thiazole rings is 1. The van der Waals surface area contributed by atoms with Crippen molar-refractivity contribution < 1.29 is 8.42 Å². The molecule has 0 bridgehead atoms. The Morgan fingerprint density at radius 2 is 2.05 bits per heavy atom. The van der Waals surface area contributed by atoms with Crippen LogP contribution in [-0.4, -0.2) is 37.8 Å². The Bertz CT molecular complexity index is 573. The third kappa shape index (κ3) is 2.99. The van der Waals surface area contributed by atoms with Gasteiger partial charge >= 0.3 is 0 Å². The Morgan fingerprint density at radius 1 is 1.30 bits per heavy atom. The quantitative estimate of drug-likeness (QED) is 0.920. The predicted molar refractivity (Wildman–Crippen MR) is 81.9 cm³/mol. The van der Waals surface area contributed by atoms with Crippen molar-refractivity contribution >= 4 is 26.5 Å². The molecule has 7 heteroatoms. The monoisotopic (exact) mass is 315 g/mol. The molecule has 1 saturated carbocycles. The van der Waals surface area contributed by atoms with E-state index in [0.29, 0.717) is 0 Å². The Morgan fingerprint density at radius 3 is 2.65 bits per heavy atom. The van der Waals surface area contributed by atoms with Crippen LogP contribution in [0.5, 0.6) is 0 Å². The third-order valence-corrected chi connectivity index (χ3v) is 7.15. The molecule has 2 heterocycles. The van der Waals surface area contributed by atoms with Gasteiger partial charge in [0.2, 0.25) is 10.0 Å². The molecule has 1 unspecified atom stereocenters. The molecule has 0 amide bonds. The minimum Gasteiger partial charge on any atom is -0.346 e.